The molecule has 1 rings (SSSR count). The van der Waals surface area contributed by atoms with Crippen LogP contribution in [0.15, 0.2) is 24.3 Å². The third kappa shape index (κ3) is 9.28. The molecule has 0 nitrogen and oxygen atoms in total. The summed E-state index contributed by atoms with van der Waals surface area (Å²) >= 11 is 0. The Morgan fingerprint density at radius 1 is 0.500 bits per heavy atom. The molecule has 0 aliphatic rings. The summed E-state index contributed by atoms with van der Waals surface area (Å²) in [6, 6.07) is 9.14. The van der Waals surface area contributed by atoms with E-state index in [1.807, 2.05) is 0 Å². The topological polar surface area (TPSA) is 0 Å². The van der Waals surface area contributed by atoms with Crippen LogP contribution < -0.4 is 0 Å². The number of rotatable bonds is 14. The molecule has 1 aromatic rings. The van der Waals surface area contributed by atoms with Gasteiger partial charge in [0.05, 0.1) is 0 Å². The number of benzene rings is 1. The molecule has 0 atom stereocenters. The van der Waals surface area contributed by atoms with Crippen molar-refractivity contribution in [2.75, 3.05) is 0 Å². The zero-order chi connectivity index (χ0) is 15.9. The fourth-order valence-electron chi connectivity index (χ4n) is 3.24. The third-order valence-electron chi connectivity index (χ3n) is 4.72. The van der Waals surface area contributed by atoms with E-state index in [2.05, 4.69) is 38.1 Å². The molecule has 0 N–H and O–H groups in total. The van der Waals surface area contributed by atoms with E-state index in [4.69, 9.17) is 0 Å². The molecule has 0 aliphatic carbocycles. The molecular formula is C22H38. The predicted octanol–water partition coefficient (Wildman–Crippen LogP) is 7.49. The maximum atomic E-state index is 2.36. The van der Waals surface area contributed by atoms with Gasteiger partial charge in [0.1, 0.15) is 0 Å². The van der Waals surface area contributed by atoms with Crippen molar-refractivity contribution in [3.63, 3.8) is 0 Å². The Morgan fingerprint density at radius 3 is 1.32 bits per heavy atom. The number of unbranched alkanes of at least 4 members (excludes halogenated alkanes) is 10. The molecule has 22 heavy (non-hydrogen) atoms. The maximum absolute atomic E-state index is 2.36. The molecule has 0 radical (unpaired) electrons. The molecule has 0 spiro atoms. The molecule has 0 aliphatic heterocycles. The molecule has 0 saturated heterocycles. The van der Waals surface area contributed by atoms with Crippen molar-refractivity contribution in [1.29, 1.82) is 0 Å². The van der Waals surface area contributed by atoms with E-state index in [0.717, 1.165) is 0 Å². The van der Waals surface area contributed by atoms with Crippen molar-refractivity contribution in [2.24, 2.45) is 0 Å². The van der Waals surface area contributed by atoms with Crippen LogP contribution in [0.5, 0.6) is 0 Å². The highest BCUT2D eigenvalue weighted by atomic mass is 14.1. The summed E-state index contributed by atoms with van der Waals surface area (Å²) in [6.45, 7) is 4.58. The van der Waals surface area contributed by atoms with Crippen LogP contribution in [0.1, 0.15) is 102 Å². The van der Waals surface area contributed by atoms with Crippen LogP contribution >= 0.6 is 0 Å². The van der Waals surface area contributed by atoms with Gasteiger partial charge in [-0.05, 0) is 36.8 Å². The minimum absolute atomic E-state index is 1.28. The summed E-state index contributed by atoms with van der Waals surface area (Å²) in [5, 5.41) is 0. The van der Waals surface area contributed by atoms with Gasteiger partial charge < -0.3 is 0 Å². The lowest BCUT2D eigenvalue weighted by Crippen LogP contribution is -1.95. The molecule has 0 unspecified atom stereocenters. The van der Waals surface area contributed by atoms with E-state index in [1.165, 1.54) is 89.9 Å². The van der Waals surface area contributed by atoms with Gasteiger partial charge in [-0.2, -0.15) is 0 Å². The minimum atomic E-state index is 1.28. The second kappa shape index (κ2) is 13.9. The van der Waals surface area contributed by atoms with Gasteiger partial charge in [-0.1, -0.05) is 102 Å². The lowest BCUT2D eigenvalue weighted by Gasteiger charge is -2.09. The Hall–Kier alpha value is -0.780. The van der Waals surface area contributed by atoms with E-state index >= 15 is 0 Å². The van der Waals surface area contributed by atoms with E-state index in [1.54, 1.807) is 11.1 Å². The quantitative estimate of drug-likeness (QED) is 0.312. The smallest absolute Gasteiger partial charge is 0.0276 e. The third-order valence-corrected chi connectivity index (χ3v) is 4.72. The summed E-state index contributed by atoms with van der Waals surface area (Å²) in [5.74, 6) is 0. The van der Waals surface area contributed by atoms with Gasteiger partial charge in [0.25, 0.3) is 0 Å². The normalized spacial score (nSPS) is 11.0. The van der Waals surface area contributed by atoms with Crippen molar-refractivity contribution in [3.8, 4) is 0 Å². The van der Waals surface area contributed by atoms with Gasteiger partial charge in [0.2, 0.25) is 0 Å². The monoisotopic (exact) mass is 302 g/mol. The van der Waals surface area contributed by atoms with Gasteiger partial charge >= 0.3 is 0 Å². The van der Waals surface area contributed by atoms with Gasteiger partial charge in [-0.3, -0.25) is 0 Å². The SMILES string of the molecule is CCCCCCCCCCc1ccccc1CCCCCC. The second-order valence-electron chi connectivity index (χ2n) is 6.80. The van der Waals surface area contributed by atoms with Crippen molar-refractivity contribution < 1.29 is 0 Å². The largest absolute Gasteiger partial charge is 0.0654 e. The first-order valence-electron chi connectivity index (χ1n) is 9.95. The van der Waals surface area contributed by atoms with Crippen molar-refractivity contribution >= 4 is 0 Å². The molecule has 0 saturated carbocycles. The highest BCUT2D eigenvalue weighted by molar-refractivity contribution is 5.27. The van der Waals surface area contributed by atoms with Crippen LogP contribution in [-0.4, -0.2) is 0 Å². The summed E-state index contributed by atoms with van der Waals surface area (Å²) in [5.41, 5.74) is 3.23. The molecule has 1 aromatic carbocycles. The first-order valence-corrected chi connectivity index (χ1v) is 9.95. The summed E-state index contributed by atoms with van der Waals surface area (Å²) in [6.07, 6.45) is 19.4. The van der Waals surface area contributed by atoms with Crippen molar-refractivity contribution in [3.05, 3.63) is 35.4 Å². The van der Waals surface area contributed by atoms with Crippen molar-refractivity contribution in [2.45, 2.75) is 104 Å². The average Bonchev–Trinajstić information content (AvgIpc) is 2.55. The lowest BCUT2D eigenvalue weighted by molar-refractivity contribution is 0.574. The fraction of sp³-hybridized carbons (Fsp3) is 0.727. The molecule has 0 aromatic heterocycles. The Bertz CT molecular complexity index is 353. The maximum Gasteiger partial charge on any atom is -0.0276 e. The van der Waals surface area contributed by atoms with Gasteiger partial charge in [-0.15, -0.1) is 0 Å². The van der Waals surface area contributed by atoms with Gasteiger partial charge in [-0.25, -0.2) is 0 Å². The lowest BCUT2D eigenvalue weighted by atomic mass is 9.96. The molecule has 0 bridgehead atoms. The Kier molecular flexibility index (Phi) is 12.1. The first-order chi connectivity index (χ1) is 10.9. The van der Waals surface area contributed by atoms with Gasteiger partial charge in [0, 0.05) is 0 Å². The van der Waals surface area contributed by atoms with Crippen molar-refractivity contribution in [1.82, 2.24) is 0 Å². The highest BCUT2D eigenvalue weighted by Gasteiger charge is 2.02. The molecule has 0 heterocycles. The zero-order valence-electron chi connectivity index (χ0n) is 15.2. The van der Waals surface area contributed by atoms with Crippen LogP contribution in [-0.2, 0) is 12.8 Å². The Labute approximate surface area is 139 Å². The molecular weight excluding hydrogens is 264 g/mol. The van der Waals surface area contributed by atoms with E-state index in [-0.39, 0.29) is 0 Å². The standard InChI is InChI=1S/C22H38/c1-3-5-7-9-10-11-12-14-18-22-20-16-15-19-21(22)17-13-8-6-4-2/h15-16,19-20H,3-14,17-18H2,1-2H3. The fourth-order valence-corrected chi connectivity index (χ4v) is 3.24. The van der Waals surface area contributed by atoms with Crippen LogP contribution in [0.25, 0.3) is 0 Å². The second-order valence-corrected chi connectivity index (χ2v) is 6.80. The molecule has 126 valence electrons. The number of aryl methyl sites for hydroxylation is 2. The van der Waals surface area contributed by atoms with E-state index in [9.17, 15) is 0 Å². The Morgan fingerprint density at radius 2 is 0.864 bits per heavy atom. The Balaban J connectivity index is 2.16. The molecule has 0 amide bonds. The van der Waals surface area contributed by atoms with E-state index < -0.39 is 0 Å². The van der Waals surface area contributed by atoms with Crippen LogP contribution in [0.4, 0.5) is 0 Å². The van der Waals surface area contributed by atoms with Crippen LogP contribution in [0, 0.1) is 0 Å². The average molecular weight is 303 g/mol. The van der Waals surface area contributed by atoms with Crippen LogP contribution in [0.3, 0.4) is 0 Å². The van der Waals surface area contributed by atoms with Crippen LogP contribution in [0.2, 0.25) is 0 Å². The minimum Gasteiger partial charge on any atom is -0.0654 e. The number of hydrogen-bond donors (Lipinski definition) is 0. The number of hydrogen-bond acceptors (Lipinski definition) is 0. The summed E-state index contributed by atoms with van der Waals surface area (Å²) < 4.78 is 0. The molecule has 0 fully saturated rings. The molecule has 0 heteroatoms. The highest BCUT2D eigenvalue weighted by Crippen LogP contribution is 2.17. The first kappa shape index (κ1) is 19.3. The zero-order valence-corrected chi connectivity index (χ0v) is 15.2. The predicted molar refractivity (Wildman–Crippen MR) is 101 cm³/mol. The van der Waals surface area contributed by atoms with E-state index in [0.29, 0.717) is 0 Å². The summed E-state index contributed by atoms with van der Waals surface area (Å²) in [4.78, 5) is 0. The van der Waals surface area contributed by atoms with Gasteiger partial charge in [0.15, 0.2) is 0 Å². The summed E-state index contributed by atoms with van der Waals surface area (Å²) in [7, 11) is 0.